The van der Waals surface area contributed by atoms with Gasteiger partial charge >= 0.3 is 0 Å². The lowest BCUT2D eigenvalue weighted by Gasteiger charge is -2.16. The fourth-order valence-corrected chi connectivity index (χ4v) is 3.26. The predicted octanol–water partition coefficient (Wildman–Crippen LogP) is 4.07. The minimum atomic E-state index is 0.279. The third kappa shape index (κ3) is 3.39. The van der Waals surface area contributed by atoms with Gasteiger partial charge < -0.3 is 14.8 Å². The molecule has 0 aliphatic carbocycles. The van der Waals surface area contributed by atoms with Gasteiger partial charge in [0.25, 0.3) is 0 Å². The number of ether oxygens (including phenoxy) is 2. The van der Waals surface area contributed by atoms with E-state index in [4.69, 9.17) is 9.47 Å². The Morgan fingerprint density at radius 2 is 2.00 bits per heavy atom. The largest absolute Gasteiger partial charge is 0.490 e. The van der Waals surface area contributed by atoms with Gasteiger partial charge in [0.15, 0.2) is 11.5 Å². The van der Waals surface area contributed by atoms with Gasteiger partial charge in [0, 0.05) is 19.0 Å². The molecule has 1 aromatic carbocycles. The SMILES string of the molecule is Cc1cscc1CNC(C)c1ccc2c(c1)OCCCO2. The summed E-state index contributed by atoms with van der Waals surface area (Å²) >= 11 is 1.76. The van der Waals surface area contributed by atoms with Gasteiger partial charge in [0.1, 0.15) is 0 Å². The van der Waals surface area contributed by atoms with E-state index in [0.717, 1.165) is 37.7 Å². The molecule has 112 valence electrons. The van der Waals surface area contributed by atoms with Gasteiger partial charge in [-0.1, -0.05) is 6.07 Å². The highest BCUT2D eigenvalue weighted by atomic mass is 32.1. The molecule has 21 heavy (non-hydrogen) atoms. The number of aryl methyl sites for hydroxylation is 1. The number of nitrogens with one attached hydrogen (secondary N) is 1. The van der Waals surface area contributed by atoms with Gasteiger partial charge in [-0.15, -0.1) is 0 Å². The second-order valence-corrected chi connectivity index (χ2v) is 6.18. The Morgan fingerprint density at radius 3 is 2.76 bits per heavy atom. The lowest BCUT2D eigenvalue weighted by atomic mass is 10.1. The molecule has 1 aliphatic rings. The average molecular weight is 303 g/mol. The molecule has 0 saturated heterocycles. The summed E-state index contributed by atoms with van der Waals surface area (Å²) in [5, 5.41) is 7.98. The molecule has 0 amide bonds. The highest BCUT2D eigenvalue weighted by Crippen LogP contribution is 2.32. The average Bonchev–Trinajstić information content (AvgIpc) is 2.76. The zero-order valence-electron chi connectivity index (χ0n) is 12.5. The second-order valence-electron chi connectivity index (χ2n) is 5.44. The molecule has 0 fully saturated rings. The summed E-state index contributed by atoms with van der Waals surface area (Å²) in [5.41, 5.74) is 3.96. The van der Waals surface area contributed by atoms with E-state index >= 15 is 0 Å². The van der Waals surface area contributed by atoms with Crippen molar-refractivity contribution in [3.63, 3.8) is 0 Å². The molecule has 0 radical (unpaired) electrons. The van der Waals surface area contributed by atoms with E-state index in [0.29, 0.717) is 0 Å². The van der Waals surface area contributed by atoms with Crippen LogP contribution in [0.1, 0.15) is 36.1 Å². The van der Waals surface area contributed by atoms with Crippen LogP contribution in [0.3, 0.4) is 0 Å². The Morgan fingerprint density at radius 1 is 1.19 bits per heavy atom. The van der Waals surface area contributed by atoms with Gasteiger partial charge in [-0.05, 0) is 53.4 Å². The summed E-state index contributed by atoms with van der Waals surface area (Å²) < 4.78 is 11.4. The standard InChI is InChI=1S/C17H21NO2S/c1-12-10-21-11-15(12)9-18-13(2)14-4-5-16-17(8-14)20-7-3-6-19-16/h4-5,8,10-11,13,18H,3,6-7,9H2,1-2H3. The van der Waals surface area contributed by atoms with Crippen LogP contribution in [0, 0.1) is 6.92 Å². The van der Waals surface area contributed by atoms with E-state index in [-0.39, 0.29) is 6.04 Å². The van der Waals surface area contributed by atoms with Crippen LogP contribution >= 0.6 is 11.3 Å². The van der Waals surface area contributed by atoms with E-state index < -0.39 is 0 Å². The molecule has 2 aromatic rings. The maximum atomic E-state index is 5.76. The number of fused-ring (bicyclic) bond motifs is 1. The van der Waals surface area contributed by atoms with E-state index in [1.807, 2.05) is 6.07 Å². The van der Waals surface area contributed by atoms with Crippen molar-refractivity contribution in [1.29, 1.82) is 0 Å². The Hall–Kier alpha value is -1.52. The van der Waals surface area contributed by atoms with Crippen molar-refractivity contribution < 1.29 is 9.47 Å². The molecule has 1 aliphatic heterocycles. The summed E-state index contributed by atoms with van der Waals surface area (Å²) in [7, 11) is 0. The molecule has 1 atom stereocenters. The van der Waals surface area contributed by atoms with E-state index in [1.54, 1.807) is 11.3 Å². The van der Waals surface area contributed by atoms with Gasteiger partial charge in [-0.2, -0.15) is 11.3 Å². The van der Waals surface area contributed by atoms with Crippen LogP contribution in [-0.4, -0.2) is 13.2 Å². The number of hydrogen-bond acceptors (Lipinski definition) is 4. The molecule has 1 unspecified atom stereocenters. The molecule has 1 N–H and O–H groups in total. The zero-order valence-corrected chi connectivity index (χ0v) is 13.3. The molecule has 0 saturated carbocycles. The number of rotatable bonds is 4. The van der Waals surface area contributed by atoms with E-state index in [2.05, 4.69) is 42.1 Å². The molecule has 4 heteroatoms. The summed E-state index contributed by atoms with van der Waals surface area (Å²) in [6.45, 7) is 6.70. The van der Waals surface area contributed by atoms with Gasteiger partial charge in [0.2, 0.25) is 0 Å². The summed E-state index contributed by atoms with van der Waals surface area (Å²) in [5.74, 6) is 1.72. The minimum Gasteiger partial charge on any atom is -0.490 e. The fraction of sp³-hybridized carbons (Fsp3) is 0.412. The van der Waals surface area contributed by atoms with Crippen LogP contribution in [0.25, 0.3) is 0 Å². The van der Waals surface area contributed by atoms with Crippen molar-refractivity contribution in [2.45, 2.75) is 32.9 Å². The summed E-state index contributed by atoms with van der Waals surface area (Å²) in [6.07, 6.45) is 0.940. The van der Waals surface area contributed by atoms with Crippen molar-refractivity contribution in [3.8, 4) is 11.5 Å². The maximum Gasteiger partial charge on any atom is 0.161 e. The Balaban J connectivity index is 1.68. The minimum absolute atomic E-state index is 0.279. The van der Waals surface area contributed by atoms with Crippen LogP contribution in [0.5, 0.6) is 11.5 Å². The molecule has 3 rings (SSSR count). The van der Waals surface area contributed by atoms with Crippen LogP contribution in [0.4, 0.5) is 0 Å². The number of thiophene rings is 1. The monoisotopic (exact) mass is 303 g/mol. The molecular formula is C17H21NO2S. The maximum absolute atomic E-state index is 5.76. The summed E-state index contributed by atoms with van der Waals surface area (Å²) in [6, 6.07) is 6.51. The van der Waals surface area contributed by atoms with Crippen LogP contribution in [-0.2, 0) is 6.54 Å². The Kier molecular flexibility index (Phi) is 4.46. The molecule has 2 heterocycles. The van der Waals surface area contributed by atoms with Crippen molar-refractivity contribution in [1.82, 2.24) is 5.32 Å². The highest BCUT2D eigenvalue weighted by molar-refractivity contribution is 7.08. The van der Waals surface area contributed by atoms with Gasteiger partial charge in [-0.3, -0.25) is 0 Å². The third-order valence-electron chi connectivity index (χ3n) is 3.83. The third-order valence-corrected chi connectivity index (χ3v) is 4.74. The molecule has 0 spiro atoms. The van der Waals surface area contributed by atoms with Gasteiger partial charge in [0.05, 0.1) is 13.2 Å². The normalized spacial score (nSPS) is 15.5. The molecular weight excluding hydrogens is 282 g/mol. The fourth-order valence-electron chi connectivity index (χ4n) is 2.40. The Labute approximate surface area is 129 Å². The lowest BCUT2D eigenvalue weighted by molar-refractivity contribution is 0.297. The van der Waals surface area contributed by atoms with Gasteiger partial charge in [-0.25, -0.2) is 0 Å². The second kappa shape index (κ2) is 6.50. The van der Waals surface area contributed by atoms with Crippen molar-refractivity contribution >= 4 is 11.3 Å². The Bertz CT molecular complexity index is 609. The number of hydrogen-bond donors (Lipinski definition) is 1. The topological polar surface area (TPSA) is 30.5 Å². The van der Waals surface area contributed by atoms with Crippen molar-refractivity contribution in [3.05, 3.63) is 45.6 Å². The first-order valence-electron chi connectivity index (χ1n) is 7.38. The number of benzene rings is 1. The van der Waals surface area contributed by atoms with Crippen LogP contribution < -0.4 is 14.8 Å². The van der Waals surface area contributed by atoms with Crippen LogP contribution in [0.2, 0.25) is 0 Å². The summed E-state index contributed by atoms with van der Waals surface area (Å²) in [4.78, 5) is 0. The predicted molar refractivity (Wildman–Crippen MR) is 86.4 cm³/mol. The van der Waals surface area contributed by atoms with E-state index in [9.17, 15) is 0 Å². The van der Waals surface area contributed by atoms with Crippen LogP contribution in [0.15, 0.2) is 29.0 Å². The van der Waals surface area contributed by atoms with E-state index in [1.165, 1.54) is 16.7 Å². The lowest BCUT2D eigenvalue weighted by Crippen LogP contribution is -2.18. The molecule has 3 nitrogen and oxygen atoms in total. The highest BCUT2D eigenvalue weighted by Gasteiger charge is 2.13. The molecule has 1 aromatic heterocycles. The smallest absolute Gasteiger partial charge is 0.161 e. The first-order valence-corrected chi connectivity index (χ1v) is 8.33. The van der Waals surface area contributed by atoms with Crippen molar-refractivity contribution in [2.75, 3.05) is 13.2 Å². The molecule has 0 bridgehead atoms. The zero-order chi connectivity index (χ0) is 14.7. The first kappa shape index (κ1) is 14.4. The van der Waals surface area contributed by atoms with Crippen molar-refractivity contribution in [2.24, 2.45) is 0 Å². The quantitative estimate of drug-likeness (QED) is 0.923. The first-order chi connectivity index (χ1) is 10.2.